The summed E-state index contributed by atoms with van der Waals surface area (Å²) in [7, 11) is 0. The van der Waals surface area contributed by atoms with Gasteiger partial charge in [-0.3, -0.25) is 4.90 Å². The van der Waals surface area contributed by atoms with Crippen molar-refractivity contribution in [2.24, 2.45) is 5.41 Å². The van der Waals surface area contributed by atoms with Gasteiger partial charge in [0.25, 0.3) is 0 Å². The molecule has 0 bridgehead atoms. The van der Waals surface area contributed by atoms with E-state index in [0.717, 1.165) is 6.04 Å². The van der Waals surface area contributed by atoms with Crippen molar-refractivity contribution in [1.82, 2.24) is 10.2 Å². The lowest BCUT2D eigenvalue weighted by atomic mass is 9.82. The molecule has 0 spiro atoms. The van der Waals surface area contributed by atoms with Gasteiger partial charge in [0, 0.05) is 19.1 Å². The van der Waals surface area contributed by atoms with Crippen molar-refractivity contribution >= 4 is 0 Å². The zero-order valence-electron chi connectivity index (χ0n) is 11.1. The van der Waals surface area contributed by atoms with E-state index in [9.17, 15) is 0 Å². The maximum absolute atomic E-state index is 3.44. The van der Waals surface area contributed by atoms with Crippen molar-refractivity contribution in [1.29, 1.82) is 0 Å². The quantitative estimate of drug-likeness (QED) is 0.685. The molecule has 0 radical (unpaired) electrons. The third-order valence-corrected chi connectivity index (χ3v) is 4.03. The summed E-state index contributed by atoms with van der Waals surface area (Å²) in [5.41, 5.74) is 2.03. The highest BCUT2D eigenvalue weighted by Crippen LogP contribution is 2.31. The molecule has 1 fully saturated rings. The number of hydrogen-bond acceptors (Lipinski definition) is 2. The molecule has 2 aliphatic rings. The van der Waals surface area contributed by atoms with Crippen molar-refractivity contribution in [3.63, 3.8) is 0 Å². The summed E-state index contributed by atoms with van der Waals surface area (Å²) in [5, 5.41) is 3.44. The van der Waals surface area contributed by atoms with Gasteiger partial charge in [-0.25, -0.2) is 0 Å². The molecule has 2 aliphatic heterocycles. The number of rotatable bonds is 1. The van der Waals surface area contributed by atoms with E-state index in [1.54, 1.807) is 5.57 Å². The van der Waals surface area contributed by atoms with Crippen molar-refractivity contribution < 1.29 is 0 Å². The van der Waals surface area contributed by atoms with Gasteiger partial charge in [0.2, 0.25) is 0 Å². The second kappa shape index (κ2) is 4.89. The van der Waals surface area contributed by atoms with Gasteiger partial charge in [-0.1, -0.05) is 32.4 Å². The van der Waals surface area contributed by atoms with Crippen LogP contribution in [0.1, 0.15) is 40.0 Å². The Hall–Kier alpha value is -0.340. The molecule has 0 aromatic rings. The highest BCUT2D eigenvalue weighted by atomic mass is 15.2. The van der Waals surface area contributed by atoms with E-state index in [1.807, 2.05) is 0 Å². The Morgan fingerprint density at radius 3 is 2.44 bits per heavy atom. The van der Waals surface area contributed by atoms with Gasteiger partial charge in [0.15, 0.2) is 0 Å². The fourth-order valence-electron chi connectivity index (χ4n) is 2.87. The average Bonchev–Trinajstić information content (AvgIpc) is 2.29. The fraction of sp³-hybridized carbons (Fsp3) is 0.857. The van der Waals surface area contributed by atoms with Gasteiger partial charge >= 0.3 is 0 Å². The predicted molar refractivity (Wildman–Crippen MR) is 69.6 cm³/mol. The second-order valence-corrected chi connectivity index (χ2v) is 6.21. The average molecular weight is 222 g/mol. The van der Waals surface area contributed by atoms with Crippen LogP contribution in [0.2, 0.25) is 0 Å². The molecule has 2 rings (SSSR count). The van der Waals surface area contributed by atoms with Crippen molar-refractivity contribution in [3.05, 3.63) is 11.6 Å². The number of nitrogens with zero attached hydrogens (tertiary/aromatic N) is 1. The summed E-state index contributed by atoms with van der Waals surface area (Å²) < 4.78 is 0. The summed E-state index contributed by atoms with van der Waals surface area (Å²) >= 11 is 0. The molecule has 0 unspecified atom stereocenters. The molecule has 0 amide bonds. The van der Waals surface area contributed by atoms with Crippen LogP contribution in [0.5, 0.6) is 0 Å². The van der Waals surface area contributed by atoms with Crippen LogP contribution in [0, 0.1) is 5.41 Å². The first-order chi connectivity index (χ1) is 7.57. The number of nitrogens with one attached hydrogen (secondary N) is 1. The zero-order valence-corrected chi connectivity index (χ0v) is 11.1. The summed E-state index contributed by atoms with van der Waals surface area (Å²) in [6.07, 6.45) is 6.41. The Kier molecular flexibility index (Phi) is 3.70. The van der Waals surface area contributed by atoms with E-state index >= 15 is 0 Å². The Morgan fingerprint density at radius 2 is 1.94 bits per heavy atom. The van der Waals surface area contributed by atoms with E-state index in [4.69, 9.17) is 0 Å². The summed E-state index contributed by atoms with van der Waals surface area (Å²) in [6, 6.07) is 0.832. The minimum Gasteiger partial charge on any atom is -0.317 e. The molecule has 0 saturated carbocycles. The maximum atomic E-state index is 3.44. The van der Waals surface area contributed by atoms with Crippen molar-refractivity contribution in [3.8, 4) is 0 Å². The van der Waals surface area contributed by atoms with Crippen LogP contribution in [0.3, 0.4) is 0 Å². The van der Waals surface area contributed by atoms with Gasteiger partial charge in [-0.15, -0.1) is 0 Å². The van der Waals surface area contributed by atoms with E-state index in [0.29, 0.717) is 5.41 Å². The molecule has 2 heterocycles. The summed E-state index contributed by atoms with van der Waals surface area (Å²) in [4.78, 5) is 2.68. The van der Waals surface area contributed by atoms with Crippen LogP contribution >= 0.6 is 0 Å². The fourth-order valence-corrected chi connectivity index (χ4v) is 2.87. The molecular formula is C14H26N2. The Morgan fingerprint density at radius 1 is 1.25 bits per heavy atom. The third-order valence-electron chi connectivity index (χ3n) is 4.03. The number of hydrogen-bond donors (Lipinski definition) is 1. The lowest BCUT2D eigenvalue weighted by molar-refractivity contribution is 0.169. The third kappa shape index (κ3) is 2.86. The molecule has 1 saturated heterocycles. The first-order valence-electron chi connectivity index (χ1n) is 6.71. The van der Waals surface area contributed by atoms with Gasteiger partial charge in [-0.05, 0) is 37.8 Å². The molecule has 2 heteroatoms. The van der Waals surface area contributed by atoms with Gasteiger partial charge in [0.1, 0.15) is 0 Å². The van der Waals surface area contributed by atoms with E-state index in [1.165, 1.54) is 45.4 Å². The standard InChI is InChI=1S/C14H26N2/c1-14(2,3)12-6-10-16(11-7-12)13-4-8-15-9-5-13/h6,13,15H,4-5,7-11H2,1-3H3. The van der Waals surface area contributed by atoms with Gasteiger partial charge in [0.05, 0.1) is 0 Å². The Labute approximate surface area is 100 Å². The molecule has 16 heavy (non-hydrogen) atoms. The maximum Gasteiger partial charge on any atom is 0.0169 e. The highest BCUT2D eigenvalue weighted by molar-refractivity contribution is 5.15. The molecule has 0 aromatic carbocycles. The van der Waals surface area contributed by atoms with Crippen LogP contribution in [-0.2, 0) is 0 Å². The molecule has 0 aromatic heterocycles. The van der Waals surface area contributed by atoms with E-state index < -0.39 is 0 Å². The lowest BCUT2D eigenvalue weighted by Gasteiger charge is -2.38. The number of piperidine rings is 1. The smallest absolute Gasteiger partial charge is 0.0169 e. The Bertz CT molecular complexity index is 256. The van der Waals surface area contributed by atoms with E-state index in [-0.39, 0.29) is 0 Å². The minimum atomic E-state index is 0.375. The highest BCUT2D eigenvalue weighted by Gasteiger charge is 2.25. The normalized spacial score (nSPS) is 25.6. The monoisotopic (exact) mass is 222 g/mol. The van der Waals surface area contributed by atoms with Crippen molar-refractivity contribution in [2.75, 3.05) is 26.2 Å². The zero-order chi connectivity index (χ0) is 11.6. The predicted octanol–water partition coefficient (Wildman–Crippen LogP) is 2.42. The van der Waals surface area contributed by atoms with Crippen LogP contribution < -0.4 is 5.32 Å². The lowest BCUT2D eigenvalue weighted by Crippen LogP contribution is -2.45. The van der Waals surface area contributed by atoms with Gasteiger partial charge < -0.3 is 5.32 Å². The SMILES string of the molecule is CC(C)(C)C1=CCN(C2CCNCC2)CC1. The van der Waals surface area contributed by atoms with Gasteiger partial charge in [-0.2, -0.15) is 0 Å². The summed E-state index contributed by atoms with van der Waals surface area (Å²) in [6.45, 7) is 11.9. The molecular weight excluding hydrogens is 196 g/mol. The first-order valence-corrected chi connectivity index (χ1v) is 6.71. The molecule has 0 aliphatic carbocycles. The minimum absolute atomic E-state index is 0.375. The second-order valence-electron chi connectivity index (χ2n) is 6.21. The van der Waals surface area contributed by atoms with Crippen LogP contribution in [0.25, 0.3) is 0 Å². The van der Waals surface area contributed by atoms with Crippen LogP contribution in [0.15, 0.2) is 11.6 Å². The largest absolute Gasteiger partial charge is 0.317 e. The topological polar surface area (TPSA) is 15.3 Å². The van der Waals surface area contributed by atoms with Crippen LogP contribution in [-0.4, -0.2) is 37.1 Å². The van der Waals surface area contributed by atoms with Crippen molar-refractivity contribution in [2.45, 2.75) is 46.1 Å². The summed E-state index contributed by atoms with van der Waals surface area (Å²) in [5.74, 6) is 0. The van der Waals surface area contributed by atoms with E-state index in [2.05, 4.69) is 37.1 Å². The Balaban J connectivity index is 1.91. The molecule has 1 N–H and O–H groups in total. The molecule has 92 valence electrons. The van der Waals surface area contributed by atoms with Crippen LogP contribution in [0.4, 0.5) is 0 Å². The molecule has 0 atom stereocenters. The first kappa shape index (κ1) is 12.1. The molecule has 2 nitrogen and oxygen atoms in total.